The zero-order valence-corrected chi connectivity index (χ0v) is 15.0. The molecule has 3 aromatic rings. The number of aryl methyl sites for hydroxylation is 1. The molecule has 25 heavy (non-hydrogen) atoms. The molecule has 0 bridgehead atoms. The molecule has 0 amide bonds. The molecule has 7 nitrogen and oxygen atoms in total. The molecule has 2 heterocycles. The minimum Gasteiger partial charge on any atom is -0.468 e. The van der Waals surface area contributed by atoms with Crippen molar-refractivity contribution >= 4 is 28.8 Å². The number of H-pyrrole nitrogens is 1. The first-order valence-corrected chi connectivity index (χ1v) is 8.71. The standard InChI is InChI=1S/C17H18N4O3S/c1-4-13(16(23)24-3)25-17-19-14-12(15(22)20-17)9-18-21(14)11-7-5-10(2)6-8-11/h5-9,13H,4H2,1-3H3,(H,19,20,22). The fourth-order valence-corrected chi connectivity index (χ4v) is 3.31. The topological polar surface area (TPSA) is 89.9 Å². The first kappa shape index (κ1) is 17.2. The number of aromatic amines is 1. The quantitative estimate of drug-likeness (QED) is 0.428. The summed E-state index contributed by atoms with van der Waals surface area (Å²) >= 11 is 1.18. The molecule has 3 rings (SSSR count). The lowest BCUT2D eigenvalue weighted by molar-refractivity contribution is -0.140. The van der Waals surface area contributed by atoms with Gasteiger partial charge in [0, 0.05) is 0 Å². The first-order chi connectivity index (χ1) is 12.0. The lowest BCUT2D eigenvalue weighted by atomic mass is 10.2. The summed E-state index contributed by atoms with van der Waals surface area (Å²) in [5.74, 6) is -0.345. The Labute approximate surface area is 148 Å². The van der Waals surface area contributed by atoms with Crippen molar-refractivity contribution in [1.29, 1.82) is 0 Å². The van der Waals surface area contributed by atoms with Gasteiger partial charge in [-0.15, -0.1) is 0 Å². The zero-order valence-electron chi connectivity index (χ0n) is 14.1. The SMILES string of the molecule is CCC(Sc1nc2c(cnn2-c2ccc(C)cc2)c(=O)[nH]1)C(=O)OC. The Morgan fingerprint density at radius 2 is 2.08 bits per heavy atom. The highest BCUT2D eigenvalue weighted by Gasteiger charge is 2.21. The third-order valence-electron chi connectivity index (χ3n) is 3.78. The number of methoxy groups -OCH3 is 1. The third-order valence-corrected chi connectivity index (χ3v) is 5.01. The maximum Gasteiger partial charge on any atom is 0.319 e. The number of rotatable bonds is 5. The normalized spacial score (nSPS) is 12.3. The van der Waals surface area contributed by atoms with Crippen LogP contribution in [0, 0.1) is 6.92 Å². The maximum atomic E-state index is 12.3. The summed E-state index contributed by atoms with van der Waals surface area (Å²) in [6.45, 7) is 3.88. The van der Waals surface area contributed by atoms with Crippen molar-refractivity contribution in [3.05, 3.63) is 46.4 Å². The van der Waals surface area contributed by atoms with Crippen LogP contribution in [0.1, 0.15) is 18.9 Å². The average molecular weight is 358 g/mol. The van der Waals surface area contributed by atoms with E-state index in [1.54, 1.807) is 4.68 Å². The van der Waals surface area contributed by atoms with E-state index in [0.29, 0.717) is 22.6 Å². The Hall–Kier alpha value is -2.61. The molecule has 2 aromatic heterocycles. The molecule has 0 fully saturated rings. The van der Waals surface area contributed by atoms with Crippen molar-refractivity contribution < 1.29 is 9.53 Å². The lowest BCUT2D eigenvalue weighted by Gasteiger charge is -2.11. The summed E-state index contributed by atoms with van der Waals surface area (Å²) in [4.78, 5) is 31.3. The smallest absolute Gasteiger partial charge is 0.319 e. The van der Waals surface area contributed by atoms with E-state index in [0.717, 1.165) is 11.3 Å². The number of hydrogen-bond acceptors (Lipinski definition) is 6. The molecule has 1 unspecified atom stereocenters. The Bertz CT molecular complexity index is 962. The number of hydrogen-bond donors (Lipinski definition) is 1. The second kappa shape index (κ2) is 7.10. The molecule has 1 aromatic carbocycles. The van der Waals surface area contributed by atoms with Crippen molar-refractivity contribution in [1.82, 2.24) is 19.7 Å². The molecule has 0 saturated heterocycles. The van der Waals surface area contributed by atoms with Gasteiger partial charge in [-0.1, -0.05) is 36.4 Å². The van der Waals surface area contributed by atoms with E-state index < -0.39 is 5.25 Å². The number of benzene rings is 1. The van der Waals surface area contributed by atoms with Crippen LogP contribution in [0.2, 0.25) is 0 Å². The fraction of sp³-hybridized carbons (Fsp3) is 0.294. The van der Waals surface area contributed by atoms with E-state index in [1.165, 1.54) is 25.1 Å². The van der Waals surface area contributed by atoms with Crippen molar-refractivity contribution in [3.8, 4) is 5.69 Å². The maximum absolute atomic E-state index is 12.3. The molecule has 0 aliphatic rings. The number of carbonyl (C=O) groups is 1. The molecule has 0 aliphatic carbocycles. The van der Waals surface area contributed by atoms with E-state index in [1.807, 2.05) is 38.1 Å². The van der Waals surface area contributed by atoms with E-state index >= 15 is 0 Å². The number of aromatic nitrogens is 4. The van der Waals surface area contributed by atoms with Gasteiger partial charge in [-0.05, 0) is 25.5 Å². The van der Waals surface area contributed by atoms with Crippen LogP contribution in [0.3, 0.4) is 0 Å². The van der Waals surface area contributed by atoms with Crippen LogP contribution in [-0.2, 0) is 9.53 Å². The second-order valence-electron chi connectivity index (χ2n) is 5.54. The molecular formula is C17H18N4O3S. The number of esters is 1. The van der Waals surface area contributed by atoms with Gasteiger partial charge < -0.3 is 9.72 Å². The first-order valence-electron chi connectivity index (χ1n) is 7.83. The Balaban J connectivity index is 2.05. The van der Waals surface area contributed by atoms with Gasteiger partial charge in [0.1, 0.15) is 10.6 Å². The Morgan fingerprint density at radius 3 is 2.72 bits per heavy atom. The lowest BCUT2D eigenvalue weighted by Crippen LogP contribution is -2.19. The number of ether oxygens (including phenoxy) is 1. The highest BCUT2D eigenvalue weighted by molar-refractivity contribution is 8.00. The summed E-state index contributed by atoms with van der Waals surface area (Å²) < 4.78 is 6.40. The highest BCUT2D eigenvalue weighted by atomic mass is 32.2. The van der Waals surface area contributed by atoms with Gasteiger partial charge in [-0.25, -0.2) is 9.67 Å². The summed E-state index contributed by atoms with van der Waals surface area (Å²) in [5.41, 5.74) is 2.11. The monoisotopic (exact) mass is 358 g/mol. The number of carbonyl (C=O) groups excluding carboxylic acids is 1. The predicted octanol–water partition coefficient (Wildman–Crippen LogP) is 2.46. The predicted molar refractivity (Wildman–Crippen MR) is 96.2 cm³/mol. The fourth-order valence-electron chi connectivity index (χ4n) is 2.39. The van der Waals surface area contributed by atoms with Crippen LogP contribution in [0.4, 0.5) is 0 Å². The van der Waals surface area contributed by atoms with E-state index in [4.69, 9.17) is 4.74 Å². The minimum atomic E-state index is -0.429. The molecule has 1 atom stereocenters. The van der Waals surface area contributed by atoms with Crippen LogP contribution >= 0.6 is 11.8 Å². The third kappa shape index (κ3) is 3.43. The van der Waals surface area contributed by atoms with Gasteiger partial charge in [-0.2, -0.15) is 5.10 Å². The van der Waals surface area contributed by atoms with Crippen molar-refractivity contribution in [2.45, 2.75) is 30.7 Å². The molecule has 130 valence electrons. The summed E-state index contributed by atoms with van der Waals surface area (Å²) in [5, 5.41) is 4.62. The summed E-state index contributed by atoms with van der Waals surface area (Å²) in [6.07, 6.45) is 2.06. The largest absolute Gasteiger partial charge is 0.468 e. The molecule has 0 spiro atoms. The Kier molecular flexibility index (Phi) is 4.89. The average Bonchev–Trinajstić information content (AvgIpc) is 3.04. The molecular weight excluding hydrogens is 340 g/mol. The van der Waals surface area contributed by atoms with Gasteiger partial charge in [-0.3, -0.25) is 9.59 Å². The van der Waals surface area contributed by atoms with Crippen molar-refractivity contribution in [2.24, 2.45) is 0 Å². The van der Waals surface area contributed by atoms with Crippen LogP contribution < -0.4 is 5.56 Å². The molecule has 0 radical (unpaired) electrons. The number of nitrogens with one attached hydrogen (secondary N) is 1. The molecule has 0 aliphatic heterocycles. The molecule has 8 heteroatoms. The number of nitrogens with zero attached hydrogens (tertiary/aromatic N) is 3. The summed E-state index contributed by atoms with van der Waals surface area (Å²) in [6, 6.07) is 7.77. The van der Waals surface area contributed by atoms with Gasteiger partial charge in [0.2, 0.25) is 0 Å². The van der Waals surface area contributed by atoms with Gasteiger partial charge in [0.05, 0.1) is 19.0 Å². The minimum absolute atomic E-state index is 0.286. The molecule has 0 saturated carbocycles. The second-order valence-corrected chi connectivity index (χ2v) is 6.73. The van der Waals surface area contributed by atoms with Crippen LogP contribution in [-0.4, -0.2) is 38.1 Å². The van der Waals surface area contributed by atoms with Gasteiger partial charge in [0.15, 0.2) is 10.8 Å². The highest BCUT2D eigenvalue weighted by Crippen LogP contribution is 2.24. The van der Waals surface area contributed by atoms with Crippen LogP contribution in [0.25, 0.3) is 16.7 Å². The van der Waals surface area contributed by atoms with E-state index in [-0.39, 0.29) is 11.5 Å². The number of thioether (sulfide) groups is 1. The number of fused-ring (bicyclic) bond motifs is 1. The van der Waals surface area contributed by atoms with Gasteiger partial charge >= 0.3 is 5.97 Å². The Morgan fingerprint density at radius 1 is 1.36 bits per heavy atom. The van der Waals surface area contributed by atoms with Crippen molar-refractivity contribution in [2.75, 3.05) is 7.11 Å². The van der Waals surface area contributed by atoms with Crippen molar-refractivity contribution in [3.63, 3.8) is 0 Å². The van der Waals surface area contributed by atoms with Gasteiger partial charge in [0.25, 0.3) is 5.56 Å². The summed E-state index contributed by atoms with van der Waals surface area (Å²) in [7, 11) is 1.34. The van der Waals surface area contributed by atoms with Crippen LogP contribution in [0.15, 0.2) is 40.4 Å². The van der Waals surface area contributed by atoms with E-state index in [2.05, 4.69) is 15.1 Å². The van der Waals surface area contributed by atoms with E-state index in [9.17, 15) is 9.59 Å². The van der Waals surface area contributed by atoms with Crippen LogP contribution in [0.5, 0.6) is 0 Å². The zero-order chi connectivity index (χ0) is 18.0. The molecule has 1 N–H and O–H groups in total.